The maximum atomic E-state index is 15.0. The third-order valence-corrected chi connectivity index (χ3v) is 8.75. The molecule has 2 heterocycles. The lowest BCUT2D eigenvalue weighted by molar-refractivity contribution is -0.124. The van der Waals surface area contributed by atoms with Crippen LogP contribution in [-0.2, 0) is 27.3 Å². The van der Waals surface area contributed by atoms with Crippen molar-refractivity contribution in [3.8, 4) is 0 Å². The van der Waals surface area contributed by atoms with Crippen LogP contribution in [0, 0.1) is 17.6 Å². The molecule has 1 saturated heterocycles. The summed E-state index contributed by atoms with van der Waals surface area (Å²) in [6.07, 6.45) is 1.53. The molecule has 0 unspecified atom stereocenters. The number of benzene rings is 1. The van der Waals surface area contributed by atoms with E-state index in [2.05, 4.69) is 10.3 Å². The molecule has 0 radical (unpaired) electrons. The number of alkyl halides is 2. The zero-order chi connectivity index (χ0) is 25.7. The van der Waals surface area contributed by atoms with Crippen molar-refractivity contribution in [3.63, 3.8) is 0 Å². The summed E-state index contributed by atoms with van der Waals surface area (Å²) in [4.78, 5) is 16.8. The van der Waals surface area contributed by atoms with Crippen molar-refractivity contribution >= 4 is 15.9 Å². The summed E-state index contributed by atoms with van der Waals surface area (Å²) in [7, 11) is -4.14. The summed E-state index contributed by atoms with van der Waals surface area (Å²) in [6, 6.07) is 3.64. The molecule has 1 saturated carbocycles. The van der Waals surface area contributed by atoms with Crippen molar-refractivity contribution in [3.05, 3.63) is 58.9 Å². The van der Waals surface area contributed by atoms with Crippen LogP contribution < -0.4 is 5.32 Å². The molecule has 1 N–H and O–H groups in total. The van der Waals surface area contributed by atoms with E-state index in [0.29, 0.717) is 19.8 Å². The zero-order valence-corrected chi connectivity index (χ0v) is 20.4. The van der Waals surface area contributed by atoms with E-state index in [4.69, 9.17) is 0 Å². The number of carbonyl (C=O) groups excluding carboxylic acids is 1. The highest BCUT2D eigenvalue weighted by Crippen LogP contribution is 2.42. The zero-order valence-electron chi connectivity index (χ0n) is 19.6. The Hall–Kier alpha value is -2.53. The van der Waals surface area contributed by atoms with Gasteiger partial charge in [0.1, 0.15) is 23.4 Å². The average molecular weight is 514 g/mol. The van der Waals surface area contributed by atoms with E-state index in [-0.39, 0.29) is 41.0 Å². The van der Waals surface area contributed by atoms with Gasteiger partial charge in [-0.2, -0.15) is 13.1 Å². The second-order valence-electron chi connectivity index (χ2n) is 9.50. The van der Waals surface area contributed by atoms with Crippen molar-refractivity contribution in [1.29, 1.82) is 0 Å². The molecule has 35 heavy (non-hydrogen) atoms. The van der Waals surface area contributed by atoms with Gasteiger partial charge >= 0.3 is 0 Å². The van der Waals surface area contributed by atoms with Crippen LogP contribution in [0.1, 0.15) is 62.9 Å². The Bertz CT molecular complexity index is 1230. The first-order chi connectivity index (χ1) is 16.3. The molecule has 1 aliphatic heterocycles. The van der Waals surface area contributed by atoms with Gasteiger partial charge in [0.15, 0.2) is 0 Å². The highest BCUT2D eigenvalue weighted by atomic mass is 32.2. The molecule has 2 aromatic rings. The summed E-state index contributed by atoms with van der Waals surface area (Å²) < 4.78 is 83.9. The number of nitrogens with zero attached hydrogens (tertiary/aromatic N) is 2. The molecule has 0 spiro atoms. The second-order valence-corrected chi connectivity index (χ2v) is 11.3. The predicted molar refractivity (Wildman–Crippen MR) is 120 cm³/mol. The quantitative estimate of drug-likeness (QED) is 0.555. The Labute approximate surface area is 201 Å². The van der Waals surface area contributed by atoms with Crippen molar-refractivity contribution in [2.75, 3.05) is 0 Å². The topological polar surface area (TPSA) is 79.4 Å². The molecule has 4 rings (SSSR count). The van der Waals surface area contributed by atoms with E-state index in [1.165, 1.54) is 0 Å². The number of hydrogen-bond donors (Lipinski definition) is 1. The fourth-order valence-corrected chi connectivity index (χ4v) is 6.30. The number of hydrogen-bond acceptors (Lipinski definition) is 4. The summed E-state index contributed by atoms with van der Waals surface area (Å²) in [5.74, 6) is -5.66. The molecule has 2 aliphatic rings. The minimum absolute atomic E-state index is 0.0306. The van der Waals surface area contributed by atoms with E-state index in [9.17, 15) is 26.4 Å². The molecule has 0 bridgehead atoms. The lowest BCUT2D eigenvalue weighted by Gasteiger charge is -2.27. The Balaban J connectivity index is 1.58. The van der Waals surface area contributed by atoms with Gasteiger partial charge in [0.2, 0.25) is 15.9 Å². The van der Waals surface area contributed by atoms with Gasteiger partial charge in [-0.15, -0.1) is 0 Å². The van der Waals surface area contributed by atoms with Gasteiger partial charge in [-0.1, -0.05) is 6.92 Å². The number of nitrogens with one attached hydrogen (secondary N) is 1. The molecule has 1 aliphatic carbocycles. The monoisotopic (exact) mass is 513 g/mol. The first-order valence-corrected chi connectivity index (χ1v) is 12.9. The van der Waals surface area contributed by atoms with Crippen LogP contribution in [-0.4, -0.2) is 35.7 Å². The standard InChI is InChI=1S/C24H27F4N3O3S/c1-13-10-19(31(14(13)2)35(33,34)18-8-6-17(25)7-9-18)23(32)29-12-16-11-20(24(3,27)28)30-22(21(16)26)15-4-5-15/h6-9,11,13-15,19H,4-5,10,12H2,1-3H3,(H,29,32)/t13-,14+,19+/m1/s1. The average Bonchev–Trinajstić information content (AvgIpc) is 3.57. The van der Waals surface area contributed by atoms with Crippen LogP contribution in [0.5, 0.6) is 0 Å². The summed E-state index contributed by atoms with van der Waals surface area (Å²) in [6.45, 7) is 3.77. The molecule has 1 aromatic heterocycles. The Morgan fingerprint density at radius 2 is 1.80 bits per heavy atom. The number of amides is 1. The number of pyridine rings is 1. The largest absolute Gasteiger partial charge is 0.351 e. The fourth-order valence-electron chi connectivity index (χ4n) is 4.41. The van der Waals surface area contributed by atoms with Gasteiger partial charge in [-0.25, -0.2) is 22.2 Å². The highest BCUT2D eigenvalue weighted by Gasteiger charge is 2.47. The smallest absolute Gasteiger partial charge is 0.286 e. The first-order valence-electron chi connectivity index (χ1n) is 11.4. The van der Waals surface area contributed by atoms with Crippen molar-refractivity contribution in [2.45, 2.75) is 75.4 Å². The third-order valence-electron chi connectivity index (χ3n) is 6.74. The van der Waals surface area contributed by atoms with E-state index < -0.39 is 51.3 Å². The Morgan fingerprint density at radius 1 is 1.17 bits per heavy atom. The molecule has 1 amide bonds. The SMILES string of the molecule is C[C@@H]1C[C@@H](C(=O)NCc2cc(C(C)(F)F)nc(C3CC3)c2F)N(S(=O)(=O)c2ccc(F)cc2)[C@H]1C. The number of halogens is 4. The normalized spacial score (nSPS) is 23.5. The molecule has 1 aromatic carbocycles. The Morgan fingerprint density at radius 3 is 2.37 bits per heavy atom. The fraction of sp³-hybridized carbons (Fsp3) is 0.500. The van der Waals surface area contributed by atoms with Gasteiger partial charge < -0.3 is 5.32 Å². The second kappa shape index (κ2) is 9.16. The molecule has 3 atom stereocenters. The molecule has 190 valence electrons. The lowest BCUT2D eigenvalue weighted by Crippen LogP contribution is -2.48. The van der Waals surface area contributed by atoms with Gasteiger partial charge in [-0.05, 0) is 62.4 Å². The number of rotatable bonds is 7. The summed E-state index contributed by atoms with van der Waals surface area (Å²) in [5, 5.41) is 2.53. The van der Waals surface area contributed by atoms with Gasteiger partial charge in [0, 0.05) is 31.0 Å². The summed E-state index contributed by atoms with van der Waals surface area (Å²) >= 11 is 0. The molecule has 6 nitrogen and oxygen atoms in total. The maximum Gasteiger partial charge on any atom is 0.286 e. The van der Waals surface area contributed by atoms with Crippen molar-refractivity contribution in [2.24, 2.45) is 5.92 Å². The van der Waals surface area contributed by atoms with Crippen LogP contribution in [0.4, 0.5) is 17.6 Å². The molecular formula is C24H27F4N3O3S. The lowest BCUT2D eigenvalue weighted by atomic mass is 10.0. The van der Waals surface area contributed by atoms with Crippen molar-refractivity contribution < 1.29 is 30.8 Å². The molecule has 11 heteroatoms. The highest BCUT2D eigenvalue weighted by molar-refractivity contribution is 7.89. The number of aromatic nitrogens is 1. The van der Waals surface area contributed by atoms with Gasteiger partial charge in [0.05, 0.1) is 10.6 Å². The molecule has 2 fully saturated rings. The minimum Gasteiger partial charge on any atom is -0.351 e. The van der Waals surface area contributed by atoms with E-state index in [1.807, 2.05) is 6.92 Å². The van der Waals surface area contributed by atoms with E-state index >= 15 is 4.39 Å². The van der Waals surface area contributed by atoms with Crippen LogP contribution >= 0.6 is 0 Å². The molecular weight excluding hydrogens is 486 g/mol. The van der Waals surface area contributed by atoms with Crippen LogP contribution in [0.2, 0.25) is 0 Å². The maximum absolute atomic E-state index is 15.0. The van der Waals surface area contributed by atoms with Crippen LogP contribution in [0.3, 0.4) is 0 Å². The minimum atomic E-state index is -4.14. The predicted octanol–water partition coefficient (Wildman–Crippen LogP) is 4.45. The van der Waals surface area contributed by atoms with Crippen molar-refractivity contribution in [1.82, 2.24) is 14.6 Å². The van der Waals surface area contributed by atoms with E-state index in [0.717, 1.165) is 34.6 Å². The summed E-state index contributed by atoms with van der Waals surface area (Å²) in [5.41, 5.74) is -0.732. The first kappa shape index (κ1) is 25.6. The third kappa shape index (κ3) is 5.06. The number of carbonyl (C=O) groups is 1. The van der Waals surface area contributed by atoms with Crippen LogP contribution in [0.25, 0.3) is 0 Å². The van der Waals surface area contributed by atoms with Gasteiger partial charge in [-0.3, -0.25) is 4.79 Å². The van der Waals surface area contributed by atoms with Gasteiger partial charge in [0.25, 0.3) is 5.92 Å². The van der Waals surface area contributed by atoms with E-state index in [1.54, 1.807) is 6.92 Å². The number of sulfonamides is 1. The van der Waals surface area contributed by atoms with Crippen LogP contribution in [0.15, 0.2) is 35.2 Å². The Kier molecular flexibility index (Phi) is 6.69.